The predicted molar refractivity (Wildman–Crippen MR) is 30.3 cm³/mol. The molecule has 0 aromatic carbocycles. The monoisotopic (exact) mass is 131 g/mol. The fourth-order valence-electron chi connectivity index (χ4n) is 0.627. The number of nitrogens with one attached hydrogen (secondary N) is 2. The highest BCUT2D eigenvalue weighted by Gasteiger charge is 2.14. The molecule has 0 aliphatic carbocycles. The lowest BCUT2D eigenvalue weighted by Gasteiger charge is -2.25. The van der Waals surface area contributed by atoms with Gasteiger partial charge >= 0.3 is 6.03 Å². The van der Waals surface area contributed by atoms with Gasteiger partial charge in [-0.05, 0) is 0 Å². The summed E-state index contributed by atoms with van der Waals surface area (Å²) in [5.74, 6) is 0. The van der Waals surface area contributed by atoms with E-state index in [0.717, 1.165) is 0 Å². The molecule has 1 fully saturated rings. The van der Waals surface area contributed by atoms with Crippen molar-refractivity contribution in [2.45, 2.75) is 0 Å². The zero-order valence-corrected chi connectivity index (χ0v) is 4.92. The standard InChI is InChI=1S/C4H9N3O2/c8-3-7-2-5-1-6-4(7)9/h5,8H,1-3H2,(H,6,9). The molecular weight excluding hydrogens is 122 g/mol. The van der Waals surface area contributed by atoms with E-state index in [1.165, 1.54) is 4.90 Å². The number of hydrogen-bond acceptors (Lipinski definition) is 3. The number of nitrogens with zero attached hydrogens (tertiary/aromatic N) is 1. The molecule has 0 saturated carbocycles. The molecule has 9 heavy (non-hydrogen) atoms. The Morgan fingerprint density at radius 2 is 2.56 bits per heavy atom. The van der Waals surface area contributed by atoms with E-state index in [-0.39, 0.29) is 12.8 Å². The highest BCUT2D eigenvalue weighted by atomic mass is 16.3. The number of hydrogen-bond donors (Lipinski definition) is 3. The lowest BCUT2D eigenvalue weighted by Crippen LogP contribution is -2.54. The van der Waals surface area contributed by atoms with Crippen molar-refractivity contribution in [2.75, 3.05) is 20.1 Å². The first kappa shape index (κ1) is 6.31. The van der Waals surface area contributed by atoms with Crippen LogP contribution in [-0.2, 0) is 0 Å². The van der Waals surface area contributed by atoms with Gasteiger partial charge in [0.25, 0.3) is 0 Å². The molecule has 1 saturated heterocycles. The summed E-state index contributed by atoms with van der Waals surface area (Å²) in [6, 6.07) is -0.226. The molecule has 52 valence electrons. The minimum atomic E-state index is -0.237. The van der Waals surface area contributed by atoms with Crippen LogP contribution in [0.1, 0.15) is 0 Å². The minimum absolute atomic E-state index is 0.226. The van der Waals surface area contributed by atoms with Crippen LogP contribution in [0.5, 0.6) is 0 Å². The summed E-state index contributed by atoms with van der Waals surface area (Å²) >= 11 is 0. The summed E-state index contributed by atoms with van der Waals surface area (Å²) in [5.41, 5.74) is 0. The van der Waals surface area contributed by atoms with E-state index in [0.29, 0.717) is 13.3 Å². The van der Waals surface area contributed by atoms with Gasteiger partial charge in [0.2, 0.25) is 0 Å². The molecule has 0 aromatic rings. The van der Waals surface area contributed by atoms with Crippen LogP contribution in [0.4, 0.5) is 4.79 Å². The molecule has 0 radical (unpaired) electrons. The topological polar surface area (TPSA) is 64.6 Å². The molecule has 0 bridgehead atoms. The summed E-state index contributed by atoms with van der Waals surface area (Å²) < 4.78 is 0. The van der Waals surface area contributed by atoms with E-state index in [4.69, 9.17) is 5.11 Å². The van der Waals surface area contributed by atoms with Gasteiger partial charge in [-0.15, -0.1) is 0 Å². The Hall–Kier alpha value is -0.810. The normalized spacial score (nSPS) is 19.7. The van der Waals surface area contributed by atoms with Crippen LogP contribution in [0, 0.1) is 0 Å². The summed E-state index contributed by atoms with van der Waals surface area (Å²) in [4.78, 5) is 11.9. The average Bonchev–Trinajstić information content (AvgIpc) is 1.89. The van der Waals surface area contributed by atoms with Gasteiger partial charge in [0, 0.05) is 0 Å². The van der Waals surface area contributed by atoms with Crippen molar-refractivity contribution < 1.29 is 9.90 Å². The summed E-state index contributed by atoms with van der Waals surface area (Å²) in [6.07, 6.45) is 0. The maximum atomic E-state index is 10.6. The second-order valence-electron chi connectivity index (χ2n) is 1.75. The first-order chi connectivity index (χ1) is 4.34. The fraction of sp³-hybridized carbons (Fsp3) is 0.750. The number of carbonyl (C=O) groups is 1. The number of rotatable bonds is 1. The Kier molecular flexibility index (Phi) is 1.86. The van der Waals surface area contributed by atoms with Crippen molar-refractivity contribution in [1.29, 1.82) is 0 Å². The maximum Gasteiger partial charge on any atom is 0.321 e. The number of aliphatic hydroxyl groups excluding tert-OH is 1. The van der Waals surface area contributed by atoms with Crippen molar-refractivity contribution in [3.63, 3.8) is 0 Å². The average molecular weight is 131 g/mol. The quantitative estimate of drug-likeness (QED) is 0.404. The van der Waals surface area contributed by atoms with Gasteiger partial charge in [0.1, 0.15) is 6.73 Å². The molecule has 1 aliphatic rings. The van der Waals surface area contributed by atoms with Gasteiger partial charge in [-0.2, -0.15) is 0 Å². The van der Waals surface area contributed by atoms with Crippen molar-refractivity contribution in [2.24, 2.45) is 0 Å². The minimum Gasteiger partial charge on any atom is -0.376 e. The van der Waals surface area contributed by atoms with Crippen LogP contribution in [0.15, 0.2) is 0 Å². The molecule has 0 atom stereocenters. The predicted octanol–water partition coefficient (Wildman–Crippen LogP) is -1.53. The Balaban J connectivity index is 2.39. The van der Waals surface area contributed by atoms with Crippen LogP contribution >= 0.6 is 0 Å². The molecule has 1 heterocycles. The number of carbonyl (C=O) groups excluding carboxylic acids is 1. The van der Waals surface area contributed by atoms with Gasteiger partial charge < -0.3 is 10.4 Å². The third-order valence-corrected chi connectivity index (χ3v) is 1.13. The third kappa shape index (κ3) is 1.30. The molecule has 0 spiro atoms. The van der Waals surface area contributed by atoms with Crippen LogP contribution in [0.3, 0.4) is 0 Å². The molecule has 3 N–H and O–H groups in total. The SMILES string of the molecule is O=C1NCNCN1CO. The third-order valence-electron chi connectivity index (χ3n) is 1.13. The first-order valence-electron chi connectivity index (χ1n) is 2.69. The molecule has 1 rings (SSSR count). The molecule has 1 aliphatic heterocycles. The lowest BCUT2D eigenvalue weighted by atomic mass is 10.6. The Labute approximate surface area is 52.6 Å². The van der Waals surface area contributed by atoms with Gasteiger partial charge in [-0.25, -0.2) is 4.79 Å². The Bertz CT molecular complexity index is 116. The zero-order chi connectivity index (χ0) is 6.69. The van der Waals surface area contributed by atoms with E-state index < -0.39 is 0 Å². The fourth-order valence-corrected chi connectivity index (χ4v) is 0.627. The summed E-state index contributed by atoms with van der Waals surface area (Å²) in [6.45, 7) is 0.663. The molecule has 2 amide bonds. The van der Waals surface area contributed by atoms with Crippen molar-refractivity contribution >= 4 is 6.03 Å². The highest BCUT2D eigenvalue weighted by molar-refractivity contribution is 5.74. The highest BCUT2D eigenvalue weighted by Crippen LogP contribution is 1.87. The van der Waals surface area contributed by atoms with Crippen LogP contribution in [0.25, 0.3) is 0 Å². The molecule has 0 unspecified atom stereocenters. The van der Waals surface area contributed by atoms with Crippen LogP contribution in [-0.4, -0.2) is 36.1 Å². The van der Waals surface area contributed by atoms with Gasteiger partial charge in [-0.1, -0.05) is 0 Å². The van der Waals surface area contributed by atoms with E-state index in [9.17, 15) is 4.79 Å². The lowest BCUT2D eigenvalue weighted by molar-refractivity contribution is 0.104. The van der Waals surface area contributed by atoms with E-state index >= 15 is 0 Å². The smallest absolute Gasteiger partial charge is 0.321 e. The maximum absolute atomic E-state index is 10.6. The van der Waals surface area contributed by atoms with E-state index in [1.807, 2.05) is 0 Å². The molecular formula is C4H9N3O2. The van der Waals surface area contributed by atoms with Gasteiger partial charge in [-0.3, -0.25) is 10.2 Å². The van der Waals surface area contributed by atoms with Crippen LogP contribution < -0.4 is 10.6 Å². The molecule has 0 aromatic heterocycles. The molecule has 5 heteroatoms. The number of urea groups is 1. The number of aliphatic hydroxyl groups is 1. The van der Waals surface area contributed by atoms with Crippen molar-refractivity contribution in [1.82, 2.24) is 15.5 Å². The largest absolute Gasteiger partial charge is 0.376 e. The number of amides is 2. The van der Waals surface area contributed by atoms with Crippen LogP contribution in [0.2, 0.25) is 0 Å². The van der Waals surface area contributed by atoms with Crippen molar-refractivity contribution in [3.05, 3.63) is 0 Å². The summed E-state index contributed by atoms with van der Waals surface area (Å²) in [5, 5.41) is 13.8. The van der Waals surface area contributed by atoms with E-state index in [1.54, 1.807) is 0 Å². The molecule has 5 nitrogen and oxygen atoms in total. The second-order valence-corrected chi connectivity index (χ2v) is 1.75. The zero-order valence-electron chi connectivity index (χ0n) is 4.92. The Morgan fingerprint density at radius 1 is 1.78 bits per heavy atom. The summed E-state index contributed by atoms with van der Waals surface area (Å²) in [7, 11) is 0. The van der Waals surface area contributed by atoms with Gasteiger partial charge in [0.05, 0.1) is 13.3 Å². The van der Waals surface area contributed by atoms with Gasteiger partial charge in [0.15, 0.2) is 0 Å². The van der Waals surface area contributed by atoms with E-state index in [2.05, 4.69) is 10.6 Å². The second kappa shape index (κ2) is 2.65. The first-order valence-corrected chi connectivity index (χ1v) is 2.69. The Morgan fingerprint density at radius 3 is 3.00 bits per heavy atom. The van der Waals surface area contributed by atoms with Crippen molar-refractivity contribution in [3.8, 4) is 0 Å².